The van der Waals surface area contributed by atoms with Gasteiger partial charge in [-0.05, 0) is 37.8 Å². The van der Waals surface area contributed by atoms with Gasteiger partial charge in [0, 0.05) is 19.3 Å². The monoisotopic (exact) mass is 284 g/mol. The molecule has 3 heterocycles. The van der Waals surface area contributed by atoms with Gasteiger partial charge in [0.15, 0.2) is 11.6 Å². The van der Waals surface area contributed by atoms with Gasteiger partial charge < -0.3 is 16.0 Å². The molecule has 1 aliphatic heterocycles. The number of aryl methyl sites for hydroxylation is 1. The highest BCUT2D eigenvalue weighted by Gasteiger charge is 2.17. The molecule has 0 aliphatic carbocycles. The lowest BCUT2D eigenvalue weighted by atomic mass is 10.1. The van der Waals surface area contributed by atoms with Crippen LogP contribution >= 0.6 is 0 Å². The number of nitrogens with two attached hydrogens (primary N) is 1. The van der Waals surface area contributed by atoms with Crippen molar-refractivity contribution >= 4 is 23.1 Å². The summed E-state index contributed by atoms with van der Waals surface area (Å²) in [4.78, 5) is 15.1. The van der Waals surface area contributed by atoms with Crippen LogP contribution in [-0.2, 0) is 0 Å². The number of nitrogens with zero attached hydrogens (tertiary/aromatic N) is 4. The summed E-state index contributed by atoms with van der Waals surface area (Å²) >= 11 is 0. The molecule has 2 aromatic rings. The standard InChI is InChI=1S/C15H20N6/c1-11-5-6-12(17-9-11)20-14-13(16)15(19-10-18-14)21-7-3-2-4-8-21/h5-6,9-10H,2-4,7-8,16H2,1H3,(H,17,18,19,20). The first-order valence-corrected chi connectivity index (χ1v) is 7.29. The Morgan fingerprint density at radius 2 is 1.90 bits per heavy atom. The topological polar surface area (TPSA) is 80.0 Å². The Balaban J connectivity index is 1.84. The Bertz CT molecular complexity index is 604. The second-order valence-corrected chi connectivity index (χ2v) is 5.35. The van der Waals surface area contributed by atoms with Gasteiger partial charge in [-0.2, -0.15) is 0 Å². The van der Waals surface area contributed by atoms with Crippen molar-refractivity contribution in [3.63, 3.8) is 0 Å². The second-order valence-electron chi connectivity index (χ2n) is 5.35. The highest BCUT2D eigenvalue weighted by atomic mass is 15.2. The molecule has 1 saturated heterocycles. The zero-order valence-corrected chi connectivity index (χ0v) is 12.2. The molecule has 0 saturated carbocycles. The van der Waals surface area contributed by atoms with Crippen molar-refractivity contribution in [1.82, 2.24) is 15.0 Å². The van der Waals surface area contributed by atoms with Crippen LogP contribution in [0.15, 0.2) is 24.7 Å². The Hall–Kier alpha value is -2.37. The highest BCUT2D eigenvalue weighted by Crippen LogP contribution is 2.29. The van der Waals surface area contributed by atoms with E-state index in [1.807, 2.05) is 25.3 Å². The van der Waals surface area contributed by atoms with Crippen molar-refractivity contribution < 1.29 is 0 Å². The fraction of sp³-hybridized carbons (Fsp3) is 0.400. The van der Waals surface area contributed by atoms with Crippen molar-refractivity contribution in [1.29, 1.82) is 0 Å². The van der Waals surface area contributed by atoms with Gasteiger partial charge in [0.1, 0.15) is 17.8 Å². The van der Waals surface area contributed by atoms with Gasteiger partial charge in [-0.3, -0.25) is 0 Å². The van der Waals surface area contributed by atoms with Crippen LogP contribution in [0.25, 0.3) is 0 Å². The third-order valence-corrected chi connectivity index (χ3v) is 3.68. The van der Waals surface area contributed by atoms with E-state index in [4.69, 9.17) is 5.73 Å². The van der Waals surface area contributed by atoms with Gasteiger partial charge in [-0.1, -0.05) is 6.07 Å². The summed E-state index contributed by atoms with van der Waals surface area (Å²) in [5.74, 6) is 2.16. The van der Waals surface area contributed by atoms with E-state index in [2.05, 4.69) is 25.2 Å². The SMILES string of the molecule is Cc1ccc(Nc2ncnc(N3CCCCC3)c2N)nc1. The number of nitrogen functional groups attached to an aromatic ring is 1. The van der Waals surface area contributed by atoms with Crippen molar-refractivity contribution in [2.45, 2.75) is 26.2 Å². The number of aromatic nitrogens is 3. The lowest BCUT2D eigenvalue weighted by Gasteiger charge is -2.28. The van der Waals surface area contributed by atoms with E-state index in [9.17, 15) is 0 Å². The van der Waals surface area contributed by atoms with Gasteiger partial charge in [0.25, 0.3) is 0 Å². The maximum atomic E-state index is 6.23. The zero-order chi connectivity index (χ0) is 14.7. The van der Waals surface area contributed by atoms with Gasteiger partial charge in [-0.15, -0.1) is 0 Å². The lowest BCUT2D eigenvalue weighted by molar-refractivity contribution is 0.574. The summed E-state index contributed by atoms with van der Waals surface area (Å²) < 4.78 is 0. The minimum atomic E-state index is 0.585. The van der Waals surface area contributed by atoms with Gasteiger partial charge in [0.2, 0.25) is 0 Å². The van der Waals surface area contributed by atoms with Crippen LogP contribution in [0.2, 0.25) is 0 Å². The molecule has 2 aromatic heterocycles. The predicted molar refractivity (Wildman–Crippen MR) is 84.8 cm³/mol. The number of hydrogen-bond acceptors (Lipinski definition) is 6. The summed E-state index contributed by atoms with van der Waals surface area (Å²) in [6.45, 7) is 4.01. The van der Waals surface area contributed by atoms with E-state index in [0.29, 0.717) is 11.5 Å². The molecule has 3 N–H and O–H groups in total. The molecule has 1 fully saturated rings. The third-order valence-electron chi connectivity index (χ3n) is 3.68. The average Bonchev–Trinajstić information content (AvgIpc) is 2.52. The van der Waals surface area contributed by atoms with E-state index in [1.54, 1.807) is 6.33 Å². The van der Waals surface area contributed by atoms with E-state index in [1.165, 1.54) is 19.3 Å². The zero-order valence-electron chi connectivity index (χ0n) is 12.2. The van der Waals surface area contributed by atoms with E-state index >= 15 is 0 Å². The third kappa shape index (κ3) is 3.04. The molecular weight excluding hydrogens is 264 g/mol. The van der Waals surface area contributed by atoms with Gasteiger partial charge >= 0.3 is 0 Å². The first-order chi connectivity index (χ1) is 10.2. The van der Waals surface area contributed by atoms with Crippen LogP contribution in [0.4, 0.5) is 23.1 Å². The molecule has 110 valence electrons. The quantitative estimate of drug-likeness (QED) is 0.901. The Morgan fingerprint density at radius 3 is 2.62 bits per heavy atom. The smallest absolute Gasteiger partial charge is 0.160 e. The van der Waals surface area contributed by atoms with E-state index in [0.717, 1.165) is 30.3 Å². The van der Waals surface area contributed by atoms with E-state index in [-0.39, 0.29) is 0 Å². The van der Waals surface area contributed by atoms with Crippen molar-refractivity contribution in [2.24, 2.45) is 0 Å². The fourth-order valence-corrected chi connectivity index (χ4v) is 2.51. The molecule has 21 heavy (non-hydrogen) atoms. The minimum absolute atomic E-state index is 0.585. The average molecular weight is 284 g/mol. The maximum absolute atomic E-state index is 6.23. The normalized spacial score (nSPS) is 15.0. The molecule has 0 amide bonds. The van der Waals surface area contributed by atoms with Crippen LogP contribution < -0.4 is 16.0 Å². The minimum Gasteiger partial charge on any atom is -0.393 e. The summed E-state index contributed by atoms with van der Waals surface area (Å²) in [5.41, 5.74) is 7.94. The largest absolute Gasteiger partial charge is 0.393 e. The molecule has 3 rings (SSSR count). The van der Waals surface area contributed by atoms with Crippen LogP contribution in [-0.4, -0.2) is 28.0 Å². The molecule has 6 nitrogen and oxygen atoms in total. The first-order valence-electron chi connectivity index (χ1n) is 7.29. The molecule has 0 aromatic carbocycles. The summed E-state index contributed by atoms with van der Waals surface area (Å²) in [6.07, 6.45) is 7.01. The van der Waals surface area contributed by atoms with E-state index < -0.39 is 0 Å². The maximum Gasteiger partial charge on any atom is 0.160 e. The summed E-state index contributed by atoms with van der Waals surface area (Å²) in [7, 11) is 0. The number of hydrogen-bond donors (Lipinski definition) is 2. The number of rotatable bonds is 3. The molecule has 0 spiro atoms. The molecular formula is C15H20N6. The fourth-order valence-electron chi connectivity index (χ4n) is 2.51. The summed E-state index contributed by atoms with van der Waals surface area (Å²) in [5, 5.41) is 3.17. The first kappa shape index (κ1) is 13.6. The number of piperidine rings is 1. The Kier molecular flexibility index (Phi) is 3.85. The summed E-state index contributed by atoms with van der Waals surface area (Å²) in [6, 6.07) is 3.91. The van der Waals surface area contributed by atoms with Gasteiger partial charge in [0.05, 0.1) is 0 Å². The van der Waals surface area contributed by atoms with Crippen molar-refractivity contribution in [2.75, 3.05) is 29.0 Å². The second kappa shape index (κ2) is 5.95. The van der Waals surface area contributed by atoms with Crippen molar-refractivity contribution in [3.8, 4) is 0 Å². The molecule has 1 aliphatic rings. The van der Waals surface area contributed by atoms with Crippen LogP contribution in [0, 0.1) is 6.92 Å². The van der Waals surface area contributed by atoms with Crippen LogP contribution in [0.5, 0.6) is 0 Å². The van der Waals surface area contributed by atoms with Crippen LogP contribution in [0.1, 0.15) is 24.8 Å². The predicted octanol–water partition coefficient (Wildman–Crippen LogP) is 2.50. The molecule has 0 atom stereocenters. The van der Waals surface area contributed by atoms with Gasteiger partial charge in [-0.25, -0.2) is 15.0 Å². The molecule has 0 bridgehead atoms. The Morgan fingerprint density at radius 1 is 1.10 bits per heavy atom. The molecule has 0 radical (unpaired) electrons. The lowest BCUT2D eigenvalue weighted by Crippen LogP contribution is -2.31. The molecule has 6 heteroatoms. The van der Waals surface area contributed by atoms with Crippen LogP contribution in [0.3, 0.4) is 0 Å². The number of nitrogens with one attached hydrogen (secondary N) is 1. The Labute approximate surface area is 124 Å². The number of anilines is 4. The number of pyridine rings is 1. The van der Waals surface area contributed by atoms with Crippen molar-refractivity contribution in [3.05, 3.63) is 30.2 Å². The highest BCUT2D eigenvalue weighted by molar-refractivity contribution is 5.77. The molecule has 0 unspecified atom stereocenters.